The van der Waals surface area contributed by atoms with Crippen LogP contribution in [0.2, 0.25) is 0 Å². The SMILES string of the molecule is CCN1C(=O)c2c(O)c(=O)c(-c3nnc(Cc4ccc(F)cc4F)s3)cn2[C@H]2COC[C@H]21. The van der Waals surface area contributed by atoms with E-state index in [9.17, 15) is 23.5 Å². The number of ether oxygens (including phenoxy) is 1. The minimum Gasteiger partial charge on any atom is -0.503 e. The number of likely N-dealkylation sites (N-methyl/N-ethyl adjacent to an activating group) is 1. The van der Waals surface area contributed by atoms with Gasteiger partial charge in [-0.15, -0.1) is 10.2 Å². The van der Waals surface area contributed by atoms with Crippen molar-refractivity contribution in [1.29, 1.82) is 0 Å². The molecule has 0 saturated carbocycles. The number of carbonyl (C=O) groups is 1. The number of rotatable bonds is 4. The Morgan fingerprint density at radius 1 is 1.22 bits per heavy atom. The van der Waals surface area contributed by atoms with E-state index in [-0.39, 0.29) is 40.3 Å². The maximum Gasteiger partial charge on any atom is 0.274 e. The third-order valence-electron chi connectivity index (χ3n) is 5.85. The smallest absolute Gasteiger partial charge is 0.274 e. The summed E-state index contributed by atoms with van der Waals surface area (Å²) >= 11 is 1.06. The number of amides is 1. The fraction of sp³-hybridized carbons (Fsp3) is 0.333. The molecule has 2 aliphatic heterocycles. The van der Waals surface area contributed by atoms with Gasteiger partial charge in [0.1, 0.15) is 16.6 Å². The van der Waals surface area contributed by atoms with Crippen molar-refractivity contribution in [1.82, 2.24) is 19.7 Å². The van der Waals surface area contributed by atoms with Crippen molar-refractivity contribution >= 4 is 17.2 Å². The third-order valence-corrected chi connectivity index (χ3v) is 6.80. The summed E-state index contributed by atoms with van der Waals surface area (Å²) < 4.78 is 34.3. The number of hydrogen-bond donors (Lipinski definition) is 1. The van der Waals surface area contributed by atoms with Crippen LogP contribution in [0, 0.1) is 11.6 Å². The van der Waals surface area contributed by atoms with Crippen molar-refractivity contribution in [3.05, 3.63) is 62.5 Å². The van der Waals surface area contributed by atoms with Crippen LogP contribution >= 0.6 is 11.3 Å². The van der Waals surface area contributed by atoms with Crippen LogP contribution in [0.25, 0.3) is 10.6 Å². The van der Waals surface area contributed by atoms with Crippen molar-refractivity contribution in [2.45, 2.75) is 25.4 Å². The molecule has 3 aromatic rings. The summed E-state index contributed by atoms with van der Waals surface area (Å²) in [4.78, 5) is 27.4. The van der Waals surface area contributed by atoms with E-state index in [0.29, 0.717) is 24.8 Å². The lowest BCUT2D eigenvalue weighted by Gasteiger charge is -2.38. The van der Waals surface area contributed by atoms with Gasteiger partial charge >= 0.3 is 0 Å². The average Bonchev–Trinajstić information content (AvgIpc) is 3.42. The number of aromatic hydroxyl groups is 1. The zero-order valence-corrected chi connectivity index (χ0v) is 17.7. The molecule has 0 spiro atoms. The van der Waals surface area contributed by atoms with E-state index in [2.05, 4.69) is 10.2 Å². The molecule has 1 amide bonds. The highest BCUT2D eigenvalue weighted by atomic mass is 32.1. The van der Waals surface area contributed by atoms with Crippen molar-refractivity contribution in [3.8, 4) is 16.3 Å². The summed E-state index contributed by atoms with van der Waals surface area (Å²) in [6, 6.07) is 2.85. The first-order chi connectivity index (χ1) is 15.4. The Bertz CT molecular complexity index is 1290. The van der Waals surface area contributed by atoms with Gasteiger partial charge in [-0.1, -0.05) is 17.4 Å². The molecule has 0 bridgehead atoms. The Hall–Kier alpha value is -3.18. The Kier molecular flexibility index (Phi) is 5.01. The molecule has 11 heteroatoms. The van der Waals surface area contributed by atoms with Gasteiger partial charge in [-0.3, -0.25) is 9.59 Å². The van der Waals surface area contributed by atoms with E-state index < -0.39 is 28.7 Å². The van der Waals surface area contributed by atoms with E-state index in [4.69, 9.17) is 4.74 Å². The van der Waals surface area contributed by atoms with Gasteiger partial charge in [0, 0.05) is 25.2 Å². The highest BCUT2D eigenvalue weighted by Crippen LogP contribution is 2.36. The Balaban J connectivity index is 1.55. The molecule has 0 unspecified atom stereocenters. The Morgan fingerprint density at radius 2 is 2.00 bits per heavy atom. The van der Waals surface area contributed by atoms with Gasteiger partial charge in [0.25, 0.3) is 5.91 Å². The molecule has 0 aliphatic carbocycles. The predicted octanol–water partition coefficient (Wildman–Crippen LogP) is 2.36. The number of pyridine rings is 1. The topological polar surface area (TPSA) is 97.5 Å². The van der Waals surface area contributed by atoms with E-state index in [1.165, 1.54) is 12.3 Å². The van der Waals surface area contributed by atoms with Gasteiger partial charge in [0.05, 0.1) is 30.9 Å². The summed E-state index contributed by atoms with van der Waals surface area (Å²) in [5, 5.41) is 19.4. The van der Waals surface area contributed by atoms with Gasteiger partial charge in [0.2, 0.25) is 5.43 Å². The fourth-order valence-corrected chi connectivity index (χ4v) is 5.14. The predicted molar refractivity (Wildman–Crippen MR) is 111 cm³/mol. The molecule has 0 radical (unpaired) electrons. The van der Waals surface area contributed by atoms with Crippen LogP contribution in [0.3, 0.4) is 0 Å². The minimum atomic E-state index is -0.728. The minimum absolute atomic E-state index is 0.0644. The number of aromatic nitrogens is 3. The first kappa shape index (κ1) is 20.7. The maximum atomic E-state index is 14.0. The Morgan fingerprint density at radius 3 is 2.75 bits per heavy atom. The van der Waals surface area contributed by atoms with Crippen LogP contribution in [0.5, 0.6) is 5.75 Å². The van der Waals surface area contributed by atoms with Crippen molar-refractivity contribution in [3.63, 3.8) is 0 Å². The molecular weight excluding hydrogens is 442 g/mol. The molecule has 1 N–H and O–H groups in total. The number of benzene rings is 1. The summed E-state index contributed by atoms with van der Waals surface area (Å²) in [5.41, 5.74) is -0.451. The lowest BCUT2D eigenvalue weighted by atomic mass is 10.0. The molecule has 5 rings (SSSR count). The number of carbonyl (C=O) groups excluding carboxylic acids is 1. The van der Waals surface area contributed by atoms with Gasteiger partial charge < -0.3 is 19.3 Å². The molecule has 4 heterocycles. The quantitative estimate of drug-likeness (QED) is 0.642. The van der Waals surface area contributed by atoms with E-state index >= 15 is 0 Å². The monoisotopic (exact) mass is 460 g/mol. The van der Waals surface area contributed by atoms with Crippen molar-refractivity contribution < 1.29 is 23.4 Å². The van der Waals surface area contributed by atoms with Crippen LogP contribution in [-0.4, -0.2) is 56.5 Å². The molecule has 1 fully saturated rings. The molecule has 1 aromatic carbocycles. The lowest BCUT2D eigenvalue weighted by Crippen LogP contribution is -2.51. The molecule has 166 valence electrons. The zero-order valence-electron chi connectivity index (χ0n) is 16.9. The van der Waals surface area contributed by atoms with Crippen LogP contribution in [0.4, 0.5) is 8.78 Å². The normalized spacial score (nSPS) is 19.8. The second-order valence-electron chi connectivity index (χ2n) is 7.65. The highest BCUT2D eigenvalue weighted by molar-refractivity contribution is 7.14. The van der Waals surface area contributed by atoms with Crippen LogP contribution in [0.1, 0.15) is 34.0 Å². The molecule has 32 heavy (non-hydrogen) atoms. The average molecular weight is 460 g/mol. The van der Waals surface area contributed by atoms with Crippen molar-refractivity contribution in [2.75, 3.05) is 19.8 Å². The largest absolute Gasteiger partial charge is 0.503 e. The first-order valence-electron chi connectivity index (χ1n) is 10.0. The van der Waals surface area contributed by atoms with Gasteiger partial charge in [-0.25, -0.2) is 8.78 Å². The zero-order chi connectivity index (χ0) is 22.6. The van der Waals surface area contributed by atoms with E-state index in [0.717, 1.165) is 23.5 Å². The van der Waals surface area contributed by atoms with Gasteiger partial charge in [-0.05, 0) is 18.6 Å². The van der Waals surface area contributed by atoms with E-state index in [1.54, 1.807) is 9.47 Å². The number of fused-ring (bicyclic) bond motifs is 3. The molecule has 1 saturated heterocycles. The molecular formula is C21H18F2N4O4S. The Labute approximate surface area is 184 Å². The number of hydrogen-bond acceptors (Lipinski definition) is 7. The van der Waals surface area contributed by atoms with Gasteiger partial charge in [0.15, 0.2) is 16.5 Å². The molecule has 2 atom stereocenters. The molecule has 8 nitrogen and oxygen atoms in total. The first-order valence-corrected chi connectivity index (χ1v) is 10.8. The lowest BCUT2D eigenvalue weighted by molar-refractivity contribution is 0.0571. The third kappa shape index (κ3) is 3.19. The van der Waals surface area contributed by atoms with Crippen LogP contribution in [-0.2, 0) is 11.2 Å². The van der Waals surface area contributed by atoms with E-state index in [1.807, 2.05) is 6.92 Å². The second-order valence-corrected chi connectivity index (χ2v) is 8.72. The van der Waals surface area contributed by atoms with Crippen LogP contribution in [0.15, 0.2) is 29.2 Å². The maximum absolute atomic E-state index is 14.0. The highest BCUT2D eigenvalue weighted by Gasteiger charge is 2.44. The number of halogens is 2. The second kappa shape index (κ2) is 7.75. The fourth-order valence-electron chi connectivity index (χ4n) is 4.27. The van der Waals surface area contributed by atoms with Crippen molar-refractivity contribution in [2.24, 2.45) is 0 Å². The molecule has 2 aromatic heterocycles. The number of nitrogens with zero attached hydrogens (tertiary/aromatic N) is 4. The molecule has 2 aliphatic rings. The summed E-state index contributed by atoms with van der Waals surface area (Å²) in [6.45, 7) is 2.98. The standard InChI is InChI=1S/C21H18F2N4O4S/c1-2-26-14-8-31-9-15(14)27-7-12(18(28)19(29)17(27)21(26)30)20-25-24-16(32-20)5-10-3-4-11(22)6-13(10)23/h3-4,6-7,14-15,29H,2,5,8-9H2,1H3/t14-,15+/m1/s1. The summed E-state index contributed by atoms with van der Waals surface area (Å²) in [6.07, 6.45) is 1.59. The van der Waals surface area contributed by atoms with Crippen LogP contribution < -0.4 is 5.43 Å². The summed E-state index contributed by atoms with van der Waals surface area (Å²) in [7, 11) is 0. The van der Waals surface area contributed by atoms with Gasteiger partial charge in [-0.2, -0.15) is 0 Å². The summed E-state index contributed by atoms with van der Waals surface area (Å²) in [5.74, 6) is -2.44.